The molecule has 0 aliphatic carbocycles. The van der Waals surface area contributed by atoms with Crippen LogP contribution in [0.15, 0.2) is 71.3 Å². The minimum atomic E-state index is -1.09. The second kappa shape index (κ2) is 9.47. The van der Waals surface area contributed by atoms with Gasteiger partial charge in [0, 0.05) is 41.9 Å². The molecule has 1 fully saturated rings. The van der Waals surface area contributed by atoms with Crippen LogP contribution in [-0.2, 0) is 23.2 Å². The second-order valence-corrected chi connectivity index (χ2v) is 9.96. The van der Waals surface area contributed by atoms with E-state index in [9.17, 15) is 14.7 Å². The van der Waals surface area contributed by atoms with Gasteiger partial charge in [-0.25, -0.2) is 14.0 Å². The van der Waals surface area contributed by atoms with Gasteiger partial charge in [0.25, 0.3) is 5.91 Å². The van der Waals surface area contributed by atoms with Crippen molar-refractivity contribution in [1.29, 1.82) is 0 Å². The molecular formula is C22H22N7O3S2+. The summed E-state index contributed by atoms with van der Waals surface area (Å²) < 4.78 is 3.59. The molecular weight excluding hydrogens is 474 g/mol. The van der Waals surface area contributed by atoms with Gasteiger partial charge in [-0.1, -0.05) is 42.1 Å². The first-order valence-corrected chi connectivity index (χ1v) is 12.6. The molecule has 5 rings (SSSR count). The molecule has 4 heterocycles. The number of carboxylic acids is 1. The predicted octanol–water partition coefficient (Wildman–Crippen LogP) is 1.37. The Morgan fingerprint density at radius 2 is 2.03 bits per heavy atom. The van der Waals surface area contributed by atoms with E-state index in [2.05, 4.69) is 37.5 Å². The van der Waals surface area contributed by atoms with E-state index in [4.69, 9.17) is 0 Å². The Balaban J connectivity index is 1.25. The molecule has 1 saturated heterocycles. The number of nitrogens with zero attached hydrogens (tertiary/aromatic N) is 6. The van der Waals surface area contributed by atoms with Crippen molar-refractivity contribution in [3.63, 3.8) is 0 Å². The number of aromatic nitrogens is 5. The summed E-state index contributed by atoms with van der Waals surface area (Å²) in [5.74, 6) is -0.403. The third-order valence-corrected chi connectivity index (χ3v) is 8.06. The predicted molar refractivity (Wildman–Crippen MR) is 127 cm³/mol. The number of carboxylic acid groups (broad SMARTS) is 1. The molecule has 2 aliphatic heterocycles. The van der Waals surface area contributed by atoms with Crippen molar-refractivity contribution in [3.8, 4) is 0 Å². The zero-order valence-electron chi connectivity index (χ0n) is 18.2. The van der Waals surface area contributed by atoms with Gasteiger partial charge < -0.3 is 10.4 Å². The molecule has 2 N–H and O–H groups in total. The van der Waals surface area contributed by atoms with E-state index in [0.717, 1.165) is 12.2 Å². The molecule has 174 valence electrons. The first-order chi connectivity index (χ1) is 16.5. The number of tetrazole rings is 1. The highest BCUT2D eigenvalue weighted by Gasteiger charge is 2.53. The van der Waals surface area contributed by atoms with Gasteiger partial charge in [-0.2, -0.15) is 0 Å². The lowest BCUT2D eigenvalue weighted by Gasteiger charge is -2.49. The molecule has 2 aromatic heterocycles. The lowest BCUT2D eigenvalue weighted by atomic mass is 10.0. The van der Waals surface area contributed by atoms with Crippen molar-refractivity contribution >= 4 is 41.1 Å². The molecule has 0 saturated carbocycles. The van der Waals surface area contributed by atoms with Gasteiger partial charge in [0.05, 0.1) is 0 Å². The summed E-state index contributed by atoms with van der Waals surface area (Å²) in [5.41, 5.74) is 2.78. The maximum atomic E-state index is 13.0. The highest BCUT2D eigenvalue weighted by atomic mass is 32.2. The Hall–Kier alpha value is -3.38. The summed E-state index contributed by atoms with van der Waals surface area (Å²) in [6, 6.07) is 13.6. The van der Waals surface area contributed by atoms with E-state index in [1.807, 2.05) is 42.7 Å². The summed E-state index contributed by atoms with van der Waals surface area (Å²) in [7, 11) is 1.72. The SMILES string of the molecule is Cn1nnnc1SCC1=C(C(=O)O)N2C(=O)[C@H](Nc3cc[n+](Cc4ccccc4)cc3)C2SC1. The maximum Gasteiger partial charge on any atom is 0.352 e. The topological polar surface area (TPSA) is 117 Å². The number of thioether (sulfide) groups is 2. The fourth-order valence-electron chi connectivity index (χ4n) is 3.92. The van der Waals surface area contributed by atoms with Crippen LogP contribution in [0.5, 0.6) is 0 Å². The summed E-state index contributed by atoms with van der Waals surface area (Å²) in [5, 5.41) is 24.8. The van der Waals surface area contributed by atoms with Gasteiger partial charge in [-0.15, -0.1) is 16.9 Å². The number of β-lactam (4-membered cyclic amide) rings is 1. The lowest BCUT2D eigenvalue weighted by molar-refractivity contribution is -0.688. The highest BCUT2D eigenvalue weighted by molar-refractivity contribution is 8.01. The van der Waals surface area contributed by atoms with Crippen LogP contribution in [0.2, 0.25) is 0 Å². The monoisotopic (exact) mass is 496 g/mol. The van der Waals surface area contributed by atoms with E-state index in [-0.39, 0.29) is 17.0 Å². The van der Waals surface area contributed by atoms with E-state index >= 15 is 0 Å². The highest BCUT2D eigenvalue weighted by Crippen LogP contribution is 2.42. The van der Waals surface area contributed by atoms with E-state index < -0.39 is 12.0 Å². The van der Waals surface area contributed by atoms with Gasteiger partial charge in [0.2, 0.25) is 5.16 Å². The second-order valence-electron chi connectivity index (χ2n) is 7.91. The number of anilines is 1. The number of carbonyl (C=O) groups is 2. The molecule has 0 radical (unpaired) electrons. The van der Waals surface area contributed by atoms with Crippen LogP contribution in [0, 0.1) is 0 Å². The number of aliphatic carboxylic acids is 1. The van der Waals surface area contributed by atoms with Crippen LogP contribution < -0.4 is 9.88 Å². The van der Waals surface area contributed by atoms with Gasteiger partial charge >= 0.3 is 5.97 Å². The van der Waals surface area contributed by atoms with E-state index in [1.165, 1.54) is 26.9 Å². The first kappa shape index (κ1) is 22.4. The molecule has 2 aliphatic rings. The number of pyridine rings is 1. The number of nitrogens with one attached hydrogen (secondary N) is 1. The fourth-order valence-corrected chi connectivity index (χ4v) is 6.26. The van der Waals surface area contributed by atoms with E-state index in [1.54, 1.807) is 18.8 Å². The Labute approximate surface area is 204 Å². The summed E-state index contributed by atoms with van der Waals surface area (Å²) in [6.07, 6.45) is 3.92. The molecule has 1 aromatic carbocycles. The zero-order chi connectivity index (χ0) is 23.7. The van der Waals surface area contributed by atoms with Gasteiger partial charge in [-0.3, -0.25) is 9.69 Å². The minimum Gasteiger partial charge on any atom is -0.477 e. The molecule has 2 atom stereocenters. The number of fused-ring (bicyclic) bond motifs is 1. The average molecular weight is 497 g/mol. The van der Waals surface area contributed by atoms with Crippen LogP contribution in [0.3, 0.4) is 0 Å². The molecule has 10 nitrogen and oxygen atoms in total. The molecule has 3 aromatic rings. The summed E-state index contributed by atoms with van der Waals surface area (Å²) in [4.78, 5) is 26.4. The number of benzene rings is 1. The van der Waals surface area contributed by atoms with Gasteiger partial charge in [-0.05, 0) is 16.0 Å². The first-order valence-electron chi connectivity index (χ1n) is 10.6. The molecule has 12 heteroatoms. The Kier molecular flexibility index (Phi) is 6.24. The number of rotatable bonds is 8. The largest absolute Gasteiger partial charge is 0.477 e. The van der Waals surface area contributed by atoms with Crippen LogP contribution >= 0.6 is 23.5 Å². The Morgan fingerprint density at radius 3 is 2.71 bits per heavy atom. The Morgan fingerprint density at radius 1 is 1.26 bits per heavy atom. The third kappa shape index (κ3) is 4.38. The molecule has 1 amide bonds. The van der Waals surface area contributed by atoms with Crippen molar-refractivity contribution in [3.05, 3.63) is 71.7 Å². The van der Waals surface area contributed by atoms with Crippen LogP contribution in [0.25, 0.3) is 0 Å². The average Bonchev–Trinajstić information content (AvgIpc) is 3.26. The van der Waals surface area contributed by atoms with Crippen molar-refractivity contribution < 1.29 is 19.3 Å². The zero-order valence-corrected chi connectivity index (χ0v) is 19.9. The number of amides is 1. The molecule has 34 heavy (non-hydrogen) atoms. The maximum absolute atomic E-state index is 13.0. The quantitative estimate of drug-likeness (QED) is 0.271. The smallest absolute Gasteiger partial charge is 0.352 e. The molecule has 0 spiro atoms. The molecule has 0 bridgehead atoms. The number of carbonyl (C=O) groups excluding carboxylic acids is 1. The van der Waals surface area contributed by atoms with Crippen LogP contribution in [0.1, 0.15) is 5.56 Å². The van der Waals surface area contributed by atoms with Crippen molar-refractivity contribution in [2.75, 3.05) is 16.8 Å². The van der Waals surface area contributed by atoms with Crippen LogP contribution in [0.4, 0.5) is 5.69 Å². The van der Waals surface area contributed by atoms with Crippen molar-refractivity contribution in [2.45, 2.75) is 23.1 Å². The number of hydrogen-bond donors (Lipinski definition) is 2. The number of aryl methyl sites for hydroxylation is 1. The standard InChI is InChI=1S/C22H21N7O3S2/c1-27-22(24-25-26-27)34-13-15-12-33-20-17(19(30)29(20)18(15)21(31)32)23-16-7-9-28(10-8-16)11-14-5-3-2-4-6-14/h2-10,17,20H,11-13H2,1H3,(H,31,32)/p+1/t17-,20?/m0/s1. The van der Waals surface area contributed by atoms with Gasteiger partial charge in [0.1, 0.15) is 17.1 Å². The van der Waals surface area contributed by atoms with E-state index in [0.29, 0.717) is 22.2 Å². The third-order valence-electron chi connectivity index (χ3n) is 5.63. The number of hydrogen-bond acceptors (Lipinski definition) is 8. The van der Waals surface area contributed by atoms with Crippen LogP contribution in [-0.4, -0.2) is 65.0 Å². The normalized spacial score (nSPS) is 19.6. The summed E-state index contributed by atoms with van der Waals surface area (Å²) >= 11 is 2.92. The Bertz CT molecular complexity index is 1250. The summed E-state index contributed by atoms with van der Waals surface area (Å²) in [6.45, 7) is 0.758. The molecule has 1 unspecified atom stereocenters. The van der Waals surface area contributed by atoms with Crippen molar-refractivity contribution in [1.82, 2.24) is 25.1 Å². The minimum absolute atomic E-state index is 0.0724. The van der Waals surface area contributed by atoms with Crippen molar-refractivity contribution in [2.24, 2.45) is 7.05 Å². The lowest BCUT2D eigenvalue weighted by Crippen LogP contribution is -2.67. The fraction of sp³-hybridized carbons (Fsp3) is 0.273. The van der Waals surface area contributed by atoms with Gasteiger partial charge in [0.15, 0.2) is 18.9 Å².